The van der Waals surface area contributed by atoms with Gasteiger partial charge in [-0.2, -0.15) is 0 Å². The van der Waals surface area contributed by atoms with Gasteiger partial charge in [-0.15, -0.1) is 10.2 Å². The molecule has 0 spiro atoms. The van der Waals surface area contributed by atoms with E-state index in [0.717, 1.165) is 0 Å². The SMILES string of the molecule is COCC(C)NC(=O)CSc1nnc(CN)o1. The summed E-state index contributed by atoms with van der Waals surface area (Å²) in [5.41, 5.74) is 5.32. The number of methoxy groups -OCH3 is 1. The number of carbonyl (C=O) groups excluding carboxylic acids is 1. The van der Waals surface area contributed by atoms with Crippen molar-refractivity contribution in [2.75, 3.05) is 19.5 Å². The van der Waals surface area contributed by atoms with Crippen LogP contribution in [0.2, 0.25) is 0 Å². The Bertz CT molecular complexity index is 358. The molecule has 1 aromatic heterocycles. The van der Waals surface area contributed by atoms with Gasteiger partial charge in [0.2, 0.25) is 11.8 Å². The van der Waals surface area contributed by atoms with E-state index in [1.807, 2.05) is 6.92 Å². The number of aromatic nitrogens is 2. The van der Waals surface area contributed by atoms with Gasteiger partial charge >= 0.3 is 0 Å². The summed E-state index contributed by atoms with van der Waals surface area (Å²) in [6.45, 7) is 2.55. The molecule has 1 unspecified atom stereocenters. The molecular weight excluding hydrogens is 244 g/mol. The van der Waals surface area contributed by atoms with Gasteiger partial charge < -0.3 is 20.2 Å². The highest BCUT2D eigenvalue weighted by molar-refractivity contribution is 7.99. The fourth-order valence-corrected chi connectivity index (χ4v) is 1.71. The van der Waals surface area contributed by atoms with Crippen LogP contribution < -0.4 is 11.1 Å². The second-order valence-corrected chi connectivity index (χ2v) is 4.31. The number of nitrogens with one attached hydrogen (secondary N) is 1. The average molecular weight is 260 g/mol. The molecule has 0 saturated carbocycles. The Morgan fingerprint density at radius 1 is 1.65 bits per heavy atom. The van der Waals surface area contributed by atoms with Crippen LogP contribution in [0.1, 0.15) is 12.8 Å². The molecule has 0 aliphatic heterocycles. The summed E-state index contributed by atoms with van der Waals surface area (Å²) in [4.78, 5) is 11.5. The molecular formula is C9H16N4O3S. The maximum absolute atomic E-state index is 11.5. The Morgan fingerprint density at radius 3 is 3.00 bits per heavy atom. The van der Waals surface area contributed by atoms with Gasteiger partial charge in [-0.3, -0.25) is 4.79 Å². The summed E-state index contributed by atoms with van der Waals surface area (Å²) in [5.74, 6) is 0.480. The lowest BCUT2D eigenvalue weighted by atomic mass is 10.3. The third-order valence-corrected chi connectivity index (χ3v) is 2.59. The van der Waals surface area contributed by atoms with E-state index in [4.69, 9.17) is 14.9 Å². The van der Waals surface area contributed by atoms with Gasteiger partial charge in [0.15, 0.2) is 0 Å². The summed E-state index contributed by atoms with van der Waals surface area (Å²) in [6, 6.07) is -0.0182. The molecule has 96 valence electrons. The molecule has 0 saturated heterocycles. The van der Waals surface area contributed by atoms with Crippen molar-refractivity contribution in [3.63, 3.8) is 0 Å². The number of amides is 1. The first-order chi connectivity index (χ1) is 8.15. The van der Waals surface area contributed by atoms with E-state index in [1.165, 1.54) is 11.8 Å². The number of rotatable bonds is 7. The molecule has 7 nitrogen and oxygen atoms in total. The standard InChI is InChI=1S/C9H16N4O3S/c1-6(4-15-2)11-7(14)5-17-9-13-12-8(3-10)16-9/h6H,3-5,10H2,1-2H3,(H,11,14). The minimum atomic E-state index is -0.105. The molecule has 8 heteroatoms. The van der Waals surface area contributed by atoms with Crippen molar-refractivity contribution in [1.82, 2.24) is 15.5 Å². The van der Waals surface area contributed by atoms with Crippen LogP contribution in [0.15, 0.2) is 9.64 Å². The fourth-order valence-electron chi connectivity index (χ4n) is 1.11. The van der Waals surface area contributed by atoms with Gasteiger partial charge in [0, 0.05) is 13.2 Å². The van der Waals surface area contributed by atoms with E-state index in [9.17, 15) is 4.79 Å². The Balaban J connectivity index is 2.27. The zero-order valence-corrected chi connectivity index (χ0v) is 10.6. The summed E-state index contributed by atoms with van der Waals surface area (Å²) in [7, 11) is 1.59. The second-order valence-electron chi connectivity index (χ2n) is 3.38. The summed E-state index contributed by atoms with van der Waals surface area (Å²) >= 11 is 1.18. The smallest absolute Gasteiger partial charge is 0.277 e. The molecule has 0 radical (unpaired) electrons. The lowest BCUT2D eigenvalue weighted by molar-refractivity contribution is -0.119. The minimum Gasteiger partial charge on any atom is -0.415 e. The Morgan fingerprint density at radius 2 is 2.41 bits per heavy atom. The third-order valence-electron chi connectivity index (χ3n) is 1.77. The van der Waals surface area contributed by atoms with Gasteiger partial charge in [0.25, 0.3) is 5.22 Å². The van der Waals surface area contributed by atoms with Crippen LogP contribution in [0.25, 0.3) is 0 Å². The van der Waals surface area contributed by atoms with Crippen molar-refractivity contribution in [3.05, 3.63) is 5.89 Å². The first-order valence-electron chi connectivity index (χ1n) is 5.09. The van der Waals surface area contributed by atoms with Gasteiger partial charge in [-0.25, -0.2) is 0 Å². The van der Waals surface area contributed by atoms with E-state index in [1.54, 1.807) is 7.11 Å². The van der Waals surface area contributed by atoms with Gasteiger partial charge in [0.1, 0.15) is 0 Å². The molecule has 17 heavy (non-hydrogen) atoms. The van der Waals surface area contributed by atoms with Crippen molar-refractivity contribution in [1.29, 1.82) is 0 Å². The quantitative estimate of drug-likeness (QED) is 0.653. The predicted molar refractivity (Wildman–Crippen MR) is 62.4 cm³/mol. The number of hydrogen-bond acceptors (Lipinski definition) is 7. The molecule has 1 aromatic rings. The van der Waals surface area contributed by atoms with Crippen molar-refractivity contribution >= 4 is 17.7 Å². The highest BCUT2D eigenvalue weighted by Gasteiger charge is 2.10. The number of hydrogen-bond donors (Lipinski definition) is 2. The van der Waals surface area contributed by atoms with Gasteiger partial charge in [-0.05, 0) is 6.92 Å². The molecule has 1 amide bonds. The maximum Gasteiger partial charge on any atom is 0.277 e. The zero-order chi connectivity index (χ0) is 12.7. The first-order valence-corrected chi connectivity index (χ1v) is 6.07. The maximum atomic E-state index is 11.5. The first kappa shape index (κ1) is 13.9. The van der Waals surface area contributed by atoms with Gasteiger partial charge in [0.05, 0.1) is 18.9 Å². The number of nitrogens with two attached hydrogens (primary N) is 1. The molecule has 1 heterocycles. The average Bonchev–Trinajstić information content (AvgIpc) is 2.74. The molecule has 1 rings (SSSR count). The van der Waals surface area contributed by atoms with Crippen LogP contribution in [-0.4, -0.2) is 41.6 Å². The highest BCUT2D eigenvalue weighted by atomic mass is 32.2. The van der Waals surface area contributed by atoms with E-state index >= 15 is 0 Å². The minimum absolute atomic E-state index is 0.0182. The normalized spacial score (nSPS) is 12.4. The number of thioether (sulfide) groups is 1. The van der Waals surface area contributed by atoms with Crippen LogP contribution in [0, 0.1) is 0 Å². The second kappa shape index (κ2) is 7.25. The van der Waals surface area contributed by atoms with Crippen molar-refractivity contribution in [2.24, 2.45) is 5.73 Å². The van der Waals surface area contributed by atoms with E-state index in [2.05, 4.69) is 15.5 Å². The molecule has 0 aromatic carbocycles. The van der Waals surface area contributed by atoms with Crippen LogP contribution >= 0.6 is 11.8 Å². The summed E-state index contributed by atoms with van der Waals surface area (Å²) in [5, 5.41) is 10.5. The van der Waals surface area contributed by atoms with Crippen molar-refractivity contribution in [2.45, 2.75) is 24.7 Å². The van der Waals surface area contributed by atoms with Crippen molar-refractivity contribution < 1.29 is 13.9 Å². The van der Waals surface area contributed by atoms with Crippen LogP contribution in [0.4, 0.5) is 0 Å². The Hall–Kier alpha value is -1.12. The van der Waals surface area contributed by atoms with E-state index in [0.29, 0.717) is 17.7 Å². The van der Waals surface area contributed by atoms with E-state index in [-0.39, 0.29) is 24.2 Å². The molecule has 0 aliphatic rings. The summed E-state index contributed by atoms with van der Waals surface area (Å²) < 4.78 is 10.1. The molecule has 0 bridgehead atoms. The lowest BCUT2D eigenvalue weighted by Crippen LogP contribution is -2.36. The molecule has 3 N–H and O–H groups in total. The van der Waals surface area contributed by atoms with Crippen LogP contribution in [0.5, 0.6) is 0 Å². The Kier molecular flexibility index (Phi) is 5.95. The molecule has 0 fully saturated rings. The van der Waals surface area contributed by atoms with Gasteiger partial charge in [-0.1, -0.05) is 11.8 Å². The monoisotopic (exact) mass is 260 g/mol. The van der Waals surface area contributed by atoms with Crippen LogP contribution in [0.3, 0.4) is 0 Å². The van der Waals surface area contributed by atoms with E-state index < -0.39 is 0 Å². The zero-order valence-electron chi connectivity index (χ0n) is 9.80. The summed E-state index contributed by atoms with van der Waals surface area (Å²) in [6.07, 6.45) is 0. The third kappa shape index (κ3) is 5.16. The fraction of sp³-hybridized carbons (Fsp3) is 0.667. The Labute approximate surface area is 103 Å². The largest absolute Gasteiger partial charge is 0.415 e. The van der Waals surface area contributed by atoms with Crippen LogP contribution in [-0.2, 0) is 16.1 Å². The number of ether oxygens (including phenoxy) is 1. The number of carbonyl (C=O) groups is 1. The highest BCUT2D eigenvalue weighted by Crippen LogP contribution is 2.15. The van der Waals surface area contributed by atoms with Crippen molar-refractivity contribution in [3.8, 4) is 0 Å². The molecule has 0 aliphatic carbocycles. The number of nitrogens with zero attached hydrogens (tertiary/aromatic N) is 2. The topological polar surface area (TPSA) is 103 Å². The lowest BCUT2D eigenvalue weighted by Gasteiger charge is -2.11. The predicted octanol–water partition coefficient (Wildman–Crippen LogP) is -0.228. The molecule has 1 atom stereocenters.